The monoisotopic (exact) mass is 591 g/mol. The van der Waals surface area contributed by atoms with Crippen molar-refractivity contribution in [3.63, 3.8) is 0 Å². The molecule has 2 aromatic carbocycles. The van der Waals surface area contributed by atoms with Gasteiger partial charge in [-0.15, -0.1) is 11.3 Å². The molecule has 5 rings (SSSR count). The van der Waals surface area contributed by atoms with Gasteiger partial charge in [-0.2, -0.15) is 0 Å². The SMILES string of the molecule is CCCCCOc1ccc(CNC(=O)CCSc2nc3sc4c(c3c(=O)n2-c2ccccc2)CC(C)(C)OC4)cc1. The van der Waals surface area contributed by atoms with Gasteiger partial charge in [0.05, 0.1) is 29.9 Å². The van der Waals surface area contributed by atoms with Crippen molar-refractivity contribution < 1.29 is 14.3 Å². The highest BCUT2D eigenvalue weighted by molar-refractivity contribution is 7.99. The Morgan fingerprint density at radius 3 is 2.68 bits per heavy atom. The molecule has 0 atom stereocenters. The van der Waals surface area contributed by atoms with Crippen molar-refractivity contribution >= 4 is 39.2 Å². The van der Waals surface area contributed by atoms with Crippen molar-refractivity contribution in [1.29, 1.82) is 0 Å². The molecule has 2 aromatic heterocycles. The number of rotatable bonds is 12. The van der Waals surface area contributed by atoms with E-state index in [-0.39, 0.29) is 17.1 Å². The van der Waals surface area contributed by atoms with Crippen LogP contribution in [0.15, 0.2) is 64.5 Å². The normalized spacial score (nSPS) is 14.1. The van der Waals surface area contributed by atoms with E-state index in [1.165, 1.54) is 35.9 Å². The number of unbranched alkanes of at least 4 members (excludes halogenated alkanes) is 2. The molecule has 1 N–H and O–H groups in total. The van der Waals surface area contributed by atoms with Crippen LogP contribution in [-0.4, -0.2) is 33.4 Å². The van der Waals surface area contributed by atoms with Crippen molar-refractivity contribution in [3.8, 4) is 11.4 Å². The van der Waals surface area contributed by atoms with Crippen molar-refractivity contribution in [3.05, 3.63) is 81.0 Å². The molecule has 0 saturated heterocycles. The number of ether oxygens (including phenoxy) is 2. The Labute approximate surface area is 249 Å². The lowest BCUT2D eigenvalue weighted by atomic mass is 9.94. The molecular formula is C32H37N3O4S2. The second-order valence-corrected chi connectivity index (χ2v) is 13.0. The predicted molar refractivity (Wildman–Crippen MR) is 166 cm³/mol. The molecule has 0 spiro atoms. The molecule has 0 aliphatic carbocycles. The zero-order valence-electron chi connectivity index (χ0n) is 23.9. The standard InChI is InChI=1S/C32H37N3O4S2/c1-4-5-9-17-38-24-14-12-22(13-15-24)20-33-27(36)16-18-40-31-34-29-28(25-19-32(2,3)39-21-26(25)41-29)30(37)35(31)23-10-7-6-8-11-23/h6-8,10-15H,4-5,9,16-21H2,1-3H3,(H,33,36). The van der Waals surface area contributed by atoms with Crippen LogP contribution in [0.2, 0.25) is 0 Å². The Bertz CT molecular complexity index is 1550. The van der Waals surface area contributed by atoms with Crippen LogP contribution in [0.4, 0.5) is 0 Å². The zero-order chi connectivity index (χ0) is 28.8. The maximum absolute atomic E-state index is 13.9. The van der Waals surface area contributed by atoms with Gasteiger partial charge in [-0.1, -0.05) is 61.9 Å². The molecule has 1 aliphatic heterocycles. The predicted octanol–water partition coefficient (Wildman–Crippen LogP) is 6.67. The van der Waals surface area contributed by atoms with E-state index in [4.69, 9.17) is 14.5 Å². The maximum Gasteiger partial charge on any atom is 0.267 e. The third kappa shape index (κ3) is 7.20. The lowest BCUT2D eigenvalue weighted by Crippen LogP contribution is -2.32. The van der Waals surface area contributed by atoms with Crippen molar-refractivity contribution in [2.75, 3.05) is 12.4 Å². The molecule has 3 heterocycles. The van der Waals surface area contributed by atoms with Crippen LogP contribution in [0.3, 0.4) is 0 Å². The minimum Gasteiger partial charge on any atom is -0.494 e. The number of carbonyl (C=O) groups is 1. The van der Waals surface area contributed by atoms with Crippen LogP contribution in [0.1, 0.15) is 62.5 Å². The van der Waals surface area contributed by atoms with Gasteiger partial charge < -0.3 is 14.8 Å². The summed E-state index contributed by atoms with van der Waals surface area (Å²) in [5.41, 5.74) is 2.45. The van der Waals surface area contributed by atoms with Gasteiger partial charge in [-0.3, -0.25) is 14.2 Å². The van der Waals surface area contributed by atoms with Gasteiger partial charge in [0.1, 0.15) is 10.6 Å². The van der Waals surface area contributed by atoms with Gasteiger partial charge in [-0.05, 0) is 55.7 Å². The highest BCUT2D eigenvalue weighted by Crippen LogP contribution is 2.38. The summed E-state index contributed by atoms with van der Waals surface area (Å²) in [5.74, 6) is 1.31. The highest BCUT2D eigenvalue weighted by Gasteiger charge is 2.31. The van der Waals surface area contributed by atoms with Gasteiger partial charge in [0.25, 0.3) is 5.56 Å². The number of aromatic nitrogens is 2. The molecule has 0 unspecified atom stereocenters. The average molecular weight is 592 g/mol. The largest absolute Gasteiger partial charge is 0.494 e. The van der Waals surface area contributed by atoms with E-state index in [1.807, 2.05) is 54.6 Å². The first-order valence-corrected chi connectivity index (χ1v) is 16.0. The first kappa shape index (κ1) is 29.4. The summed E-state index contributed by atoms with van der Waals surface area (Å²) < 4.78 is 13.5. The summed E-state index contributed by atoms with van der Waals surface area (Å²) in [6, 6.07) is 17.4. The summed E-state index contributed by atoms with van der Waals surface area (Å²) in [4.78, 5) is 33.3. The van der Waals surface area contributed by atoms with Crippen molar-refractivity contribution in [2.24, 2.45) is 0 Å². The number of carbonyl (C=O) groups excluding carboxylic acids is 1. The Balaban J connectivity index is 1.25. The Morgan fingerprint density at radius 1 is 1.15 bits per heavy atom. The molecule has 0 fully saturated rings. The smallest absolute Gasteiger partial charge is 0.267 e. The first-order valence-electron chi connectivity index (χ1n) is 14.2. The molecule has 41 heavy (non-hydrogen) atoms. The van der Waals surface area contributed by atoms with Crippen LogP contribution in [0.25, 0.3) is 15.9 Å². The fraction of sp³-hybridized carbons (Fsp3) is 0.406. The Kier molecular flexibility index (Phi) is 9.47. The van der Waals surface area contributed by atoms with Gasteiger partial charge in [0, 0.05) is 30.0 Å². The van der Waals surface area contributed by atoms with E-state index in [9.17, 15) is 9.59 Å². The quantitative estimate of drug-likeness (QED) is 0.113. The van der Waals surface area contributed by atoms with Crippen molar-refractivity contribution in [2.45, 2.75) is 76.8 Å². The van der Waals surface area contributed by atoms with E-state index in [1.54, 1.807) is 4.57 Å². The van der Waals surface area contributed by atoms with Gasteiger partial charge in [0.15, 0.2) is 5.16 Å². The van der Waals surface area contributed by atoms with E-state index in [0.29, 0.717) is 42.3 Å². The minimum absolute atomic E-state index is 0.0435. The Hall–Kier alpha value is -3.14. The topological polar surface area (TPSA) is 82.5 Å². The van der Waals surface area contributed by atoms with Crippen LogP contribution < -0.4 is 15.6 Å². The zero-order valence-corrected chi connectivity index (χ0v) is 25.5. The number of hydrogen-bond donors (Lipinski definition) is 1. The number of nitrogens with one attached hydrogen (secondary N) is 1. The van der Waals surface area contributed by atoms with E-state index in [0.717, 1.165) is 45.3 Å². The molecule has 1 amide bonds. The van der Waals surface area contributed by atoms with Crippen LogP contribution in [0.5, 0.6) is 5.75 Å². The second kappa shape index (κ2) is 13.2. The number of thiophene rings is 1. The maximum atomic E-state index is 13.9. The molecule has 4 aromatic rings. The lowest BCUT2D eigenvalue weighted by Gasteiger charge is -2.29. The van der Waals surface area contributed by atoms with Gasteiger partial charge in [0.2, 0.25) is 5.91 Å². The summed E-state index contributed by atoms with van der Waals surface area (Å²) in [5, 5.41) is 4.28. The highest BCUT2D eigenvalue weighted by atomic mass is 32.2. The number of hydrogen-bond acceptors (Lipinski definition) is 7. The fourth-order valence-electron chi connectivity index (χ4n) is 4.85. The molecule has 1 aliphatic rings. The number of para-hydroxylation sites is 1. The molecule has 0 saturated carbocycles. The average Bonchev–Trinajstić information content (AvgIpc) is 3.32. The third-order valence-corrected chi connectivity index (χ3v) is 9.12. The molecule has 0 radical (unpaired) electrons. The second-order valence-electron chi connectivity index (χ2n) is 10.9. The summed E-state index contributed by atoms with van der Waals surface area (Å²) >= 11 is 2.96. The van der Waals surface area contributed by atoms with Gasteiger partial charge in [-0.25, -0.2) is 4.98 Å². The Morgan fingerprint density at radius 2 is 1.93 bits per heavy atom. The lowest BCUT2D eigenvalue weighted by molar-refractivity contribution is -0.120. The summed E-state index contributed by atoms with van der Waals surface area (Å²) in [6.07, 6.45) is 4.38. The number of thioether (sulfide) groups is 1. The summed E-state index contributed by atoms with van der Waals surface area (Å²) in [7, 11) is 0. The molecular weight excluding hydrogens is 555 g/mol. The van der Waals surface area contributed by atoms with Crippen molar-refractivity contribution in [1.82, 2.24) is 14.9 Å². The number of benzene rings is 2. The molecule has 9 heteroatoms. The third-order valence-electron chi connectivity index (χ3n) is 7.08. The van der Waals surface area contributed by atoms with Gasteiger partial charge >= 0.3 is 0 Å². The minimum atomic E-state index is -0.324. The van der Waals surface area contributed by atoms with E-state index >= 15 is 0 Å². The van der Waals surface area contributed by atoms with Crippen LogP contribution in [0, 0.1) is 0 Å². The van der Waals surface area contributed by atoms with E-state index < -0.39 is 0 Å². The fourth-order valence-corrected chi connectivity index (χ4v) is 6.94. The first-order chi connectivity index (χ1) is 19.8. The summed E-state index contributed by atoms with van der Waals surface area (Å²) in [6.45, 7) is 7.95. The molecule has 7 nitrogen and oxygen atoms in total. The molecule has 0 bridgehead atoms. The van der Waals surface area contributed by atoms with Crippen LogP contribution in [-0.2, 0) is 29.1 Å². The number of amides is 1. The number of nitrogens with zero attached hydrogens (tertiary/aromatic N) is 2. The molecule has 216 valence electrons. The van der Waals surface area contributed by atoms with Crippen LogP contribution >= 0.6 is 23.1 Å². The van der Waals surface area contributed by atoms with E-state index in [2.05, 4.69) is 26.1 Å². The number of fused-ring (bicyclic) bond motifs is 3.